The molecule has 5 heteroatoms. The summed E-state index contributed by atoms with van der Waals surface area (Å²) >= 11 is 5.93. The van der Waals surface area contributed by atoms with Crippen molar-refractivity contribution in [1.82, 2.24) is 10.2 Å². The molecule has 18 heavy (non-hydrogen) atoms. The van der Waals surface area contributed by atoms with Gasteiger partial charge < -0.3 is 15.2 Å². The van der Waals surface area contributed by atoms with Crippen LogP contribution in [0.15, 0.2) is 18.2 Å². The number of likely N-dealkylation sites (N-methyl/N-ethyl adjacent to an activating group) is 1. The predicted molar refractivity (Wildman–Crippen MR) is 72.1 cm³/mol. The number of aromatic hydroxyl groups is 1. The SMILES string of the molecule is CN(Cc1cc(Cl)ccc1O)CC1CNCCO1. The van der Waals surface area contributed by atoms with Gasteiger partial charge in [0.05, 0.1) is 12.7 Å². The number of hydrogen-bond donors (Lipinski definition) is 2. The number of ether oxygens (including phenoxy) is 1. The highest BCUT2D eigenvalue weighted by Crippen LogP contribution is 2.22. The molecule has 0 spiro atoms. The van der Waals surface area contributed by atoms with Gasteiger partial charge in [-0.3, -0.25) is 4.90 Å². The molecule has 1 unspecified atom stereocenters. The summed E-state index contributed by atoms with van der Waals surface area (Å²) in [7, 11) is 2.01. The van der Waals surface area contributed by atoms with E-state index in [2.05, 4.69) is 10.2 Å². The number of nitrogens with one attached hydrogen (secondary N) is 1. The Hall–Kier alpha value is -0.810. The maximum Gasteiger partial charge on any atom is 0.120 e. The Morgan fingerprint density at radius 1 is 1.56 bits per heavy atom. The molecule has 1 fully saturated rings. The zero-order valence-electron chi connectivity index (χ0n) is 10.5. The number of halogens is 1. The highest BCUT2D eigenvalue weighted by Gasteiger charge is 2.16. The first-order valence-electron chi connectivity index (χ1n) is 6.13. The van der Waals surface area contributed by atoms with Crippen molar-refractivity contribution in [3.05, 3.63) is 28.8 Å². The molecule has 1 saturated heterocycles. The number of hydrogen-bond acceptors (Lipinski definition) is 4. The lowest BCUT2D eigenvalue weighted by atomic mass is 10.2. The van der Waals surface area contributed by atoms with Gasteiger partial charge in [0.25, 0.3) is 0 Å². The van der Waals surface area contributed by atoms with E-state index in [1.54, 1.807) is 18.2 Å². The van der Waals surface area contributed by atoms with E-state index in [9.17, 15) is 5.11 Å². The molecule has 1 aliphatic heterocycles. The fraction of sp³-hybridized carbons (Fsp3) is 0.538. The van der Waals surface area contributed by atoms with E-state index in [0.717, 1.165) is 31.8 Å². The molecule has 1 aromatic rings. The molecule has 0 aliphatic carbocycles. The maximum atomic E-state index is 9.76. The van der Waals surface area contributed by atoms with Crippen LogP contribution in [0.5, 0.6) is 5.75 Å². The molecule has 100 valence electrons. The molecule has 4 nitrogen and oxygen atoms in total. The van der Waals surface area contributed by atoms with Crippen LogP contribution in [0.4, 0.5) is 0 Å². The summed E-state index contributed by atoms with van der Waals surface area (Å²) in [5.41, 5.74) is 0.841. The monoisotopic (exact) mass is 270 g/mol. The molecule has 0 aromatic heterocycles. The number of phenolic OH excluding ortho intramolecular Hbond substituents is 1. The van der Waals surface area contributed by atoms with Crippen molar-refractivity contribution in [2.75, 3.05) is 33.3 Å². The summed E-state index contributed by atoms with van der Waals surface area (Å²) < 4.78 is 5.65. The smallest absolute Gasteiger partial charge is 0.120 e. The molecule has 0 amide bonds. The van der Waals surface area contributed by atoms with E-state index in [-0.39, 0.29) is 11.9 Å². The lowest BCUT2D eigenvalue weighted by Crippen LogP contribution is -2.44. The number of benzene rings is 1. The van der Waals surface area contributed by atoms with Crippen LogP contribution in [0.25, 0.3) is 0 Å². The van der Waals surface area contributed by atoms with Crippen molar-refractivity contribution in [2.45, 2.75) is 12.6 Å². The third kappa shape index (κ3) is 3.85. The number of morpholine rings is 1. The number of nitrogens with zero attached hydrogens (tertiary/aromatic N) is 1. The lowest BCUT2D eigenvalue weighted by molar-refractivity contribution is 0.00875. The van der Waals surface area contributed by atoms with Gasteiger partial charge in [0.2, 0.25) is 0 Å². The van der Waals surface area contributed by atoms with Crippen molar-refractivity contribution >= 4 is 11.6 Å². The lowest BCUT2D eigenvalue weighted by Gasteiger charge is -2.28. The average molecular weight is 271 g/mol. The van der Waals surface area contributed by atoms with Crippen molar-refractivity contribution in [3.63, 3.8) is 0 Å². The number of rotatable bonds is 4. The molecule has 1 atom stereocenters. The molecule has 2 N–H and O–H groups in total. The first kappa shape index (κ1) is 13.6. The third-order valence-electron chi connectivity index (χ3n) is 3.00. The van der Waals surface area contributed by atoms with Crippen LogP contribution in [0, 0.1) is 0 Å². The van der Waals surface area contributed by atoms with Crippen molar-refractivity contribution < 1.29 is 9.84 Å². The summed E-state index contributed by atoms with van der Waals surface area (Å²) in [4.78, 5) is 2.13. The van der Waals surface area contributed by atoms with Crippen molar-refractivity contribution in [1.29, 1.82) is 0 Å². The van der Waals surface area contributed by atoms with Crippen molar-refractivity contribution in [2.24, 2.45) is 0 Å². The third-order valence-corrected chi connectivity index (χ3v) is 3.24. The van der Waals surface area contributed by atoms with Gasteiger partial charge in [0.15, 0.2) is 0 Å². The van der Waals surface area contributed by atoms with E-state index in [1.165, 1.54) is 0 Å². The Kier molecular flexibility index (Phi) is 4.83. The molecule has 0 radical (unpaired) electrons. The second-order valence-corrected chi connectivity index (χ2v) is 5.10. The summed E-state index contributed by atoms with van der Waals surface area (Å²) in [5, 5.41) is 13.7. The van der Waals surface area contributed by atoms with E-state index in [1.807, 2.05) is 7.05 Å². The van der Waals surface area contributed by atoms with E-state index in [0.29, 0.717) is 11.6 Å². The van der Waals surface area contributed by atoms with Gasteiger partial charge in [-0.05, 0) is 25.2 Å². The molecule has 1 heterocycles. The first-order valence-corrected chi connectivity index (χ1v) is 6.51. The van der Waals surface area contributed by atoms with Gasteiger partial charge in [-0.25, -0.2) is 0 Å². The minimum atomic E-state index is 0.213. The van der Waals surface area contributed by atoms with Crippen LogP contribution < -0.4 is 5.32 Å². The largest absolute Gasteiger partial charge is 0.508 e. The Morgan fingerprint density at radius 3 is 3.11 bits per heavy atom. The zero-order chi connectivity index (χ0) is 13.0. The fourth-order valence-electron chi connectivity index (χ4n) is 2.12. The molecular weight excluding hydrogens is 252 g/mol. The van der Waals surface area contributed by atoms with E-state index >= 15 is 0 Å². The van der Waals surface area contributed by atoms with E-state index in [4.69, 9.17) is 16.3 Å². The van der Waals surface area contributed by atoms with Gasteiger partial charge in [-0.15, -0.1) is 0 Å². The molecule has 0 saturated carbocycles. The minimum Gasteiger partial charge on any atom is -0.508 e. The summed E-state index contributed by atoms with van der Waals surface area (Å²) in [6, 6.07) is 5.12. The average Bonchev–Trinajstić information content (AvgIpc) is 2.35. The van der Waals surface area contributed by atoms with Crippen LogP contribution >= 0.6 is 11.6 Å². The predicted octanol–water partition coefficient (Wildman–Crippen LogP) is 1.47. The molecule has 1 aromatic carbocycles. The minimum absolute atomic E-state index is 0.213. The topological polar surface area (TPSA) is 44.7 Å². The van der Waals surface area contributed by atoms with Crippen LogP contribution in [0.2, 0.25) is 5.02 Å². The highest BCUT2D eigenvalue weighted by atomic mass is 35.5. The Labute approximate surface area is 113 Å². The van der Waals surface area contributed by atoms with Gasteiger partial charge in [0, 0.05) is 36.8 Å². The molecule has 1 aliphatic rings. The van der Waals surface area contributed by atoms with E-state index < -0.39 is 0 Å². The standard InChI is InChI=1S/C13H19ClN2O2/c1-16(9-12-7-15-4-5-18-12)8-10-6-11(14)2-3-13(10)17/h2-3,6,12,15,17H,4-5,7-9H2,1H3. The Balaban J connectivity index is 1.89. The van der Waals surface area contributed by atoms with Crippen LogP contribution in [0.1, 0.15) is 5.56 Å². The van der Waals surface area contributed by atoms with Gasteiger partial charge >= 0.3 is 0 Å². The van der Waals surface area contributed by atoms with Crippen LogP contribution in [-0.2, 0) is 11.3 Å². The Bertz CT molecular complexity index is 395. The Morgan fingerprint density at radius 2 is 2.39 bits per heavy atom. The fourth-order valence-corrected chi connectivity index (χ4v) is 2.32. The maximum absolute atomic E-state index is 9.76. The second kappa shape index (κ2) is 6.38. The molecule has 0 bridgehead atoms. The normalized spacial score (nSPS) is 20.3. The quantitative estimate of drug-likeness (QED) is 0.870. The second-order valence-electron chi connectivity index (χ2n) is 4.67. The molecule has 2 rings (SSSR count). The van der Waals surface area contributed by atoms with Gasteiger partial charge in [-0.1, -0.05) is 11.6 Å². The number of phenols is 1. The molecular formula is C13H19ClN2O2. The highest BCUT2D eigenvalue weighted by molar-refractivity contribution is 6.30. The van der Waals surface area contributed by atoms with Crippen LogP contribution in [0.3, 0.4) is 0 Å². The van der Waals surface area contributed by atoms with Crippen LogP contribution in [-0.4, -0.2) is 49.4 Å². The van der Waals surface area contributed by atoms with Crippen molar-refractivity contribution in [3.8, 4) is 5.75 Å². The first-order chi connectivity index (χ1) is 8.65. The summed E-state index contributed by atoms with van der Waals surface area (Å²) in [6.45, 7) is 4.06. The zero-order valence-corrected chi connectivity index (χ0v) is 11.3. The summed E-state index contributed by atoms with van der Waals surface area (Å²) in [6.07, 6.45) is 0.213. The summed E-state index contributed by atoms with van der Waals surface area (Å²) in [5.74, 6) is 0.286. The van der Waals surface area contributed by atoms with Gasteiger partial charge in [0.1, 0.15) is 5.75 Å². The van der Waals surface area contributed by atoms with Gasteiger partial charge in [-0.2, -0.15) is 0 Å².